The molecule has 9 heteroatoms. The fraction of sp³-hybridized carbons (Fsp3) is 0.235. The van der Waals surface area contributed by atoms with Crippen molar-refractivity contribution in [3.05, 3.63) is 48.2 Å². The van der Waals surface area contributed by atoms with E-state index in [0.29, 0.717) is 12.3 Å². The topological polar surface area (TPSA) is 86.8 Å². The van der Waals surface area contributed by atoms with Gasteiger partial charge in [-0.1, -0.05) is 0 Å². The molecule has 1 aromatic carbocycles. The third-order valence-electron chi connectivity index (χ3n) is 2.97. The largest absolute Gasteiger partial charge is 0.477 e. The Balaban J connectivity index is 1.87. The number of pyridine rings is 1. The molecule has 0 unspecified atom stereocenters. The van der Waals surface area contributed by atoms with E-state index >= 15 is 0 Å². The lowest BCUT2D eigenvalue weighted by Gasteiger charge is -2.10. The summed E-state index contributed by atoms with van der Waals surface area (Å²) in [7, 11) is 0. The smallest absolute Gasteiger partial charge is 0.387 e. The summed E-state index contributed by atoms with van der Waals surface area (Å²) < 4.78 is 38.5. The van der Waals surface area contributed by atoms with E-state index in [0.717, 1.165) is 0 Å². The molecule has 1 N–H and O–H groups in total. The van der Waals surface area contributed by atoms with Crippen molar-refractivity contribution >= 4 is 17.6 Å². The lowest BCUT2D eigenvalue weighted by molar-refractivity contribution is -0.119. The number of aromatic nitrogens is 1. The Morgan fingerprint density at radius 2 is 1.92 bits per heavy atom. The number of rotatable bonds is 8. The molecule has 0 fully saturated rings. The summed E-state index contributed by atoms with van der Waals surface area (Å²) in [6.07, 6.45) is 1.47. The molecule has 7 nitrogen and oxygen atoms in total. The molecule has 0 aliphatic heterocycles. The van der Waals surface area contributed by atoms with E-state index in [-0.39, 0.29) is 17.2 Å². The van der Waals surface area contributed by atoms with Gasteiger partial charge in [0.25, 0.3) is 5.91 Å². The van der Waals surface area contributed by atoms with Crippen LogP contribution in [0.2, 0.25) is 0 Å². The molecule has 2 aromatic rings. The normalized spacial score (nSPS) is 10.3. The number of ether oxygens (including phenoxy) is 3. The molecule has 1 aromatic heterocycles. The number of hydrogen-bond acceptors (Lipinski definition) is 6. The van der Waals surface area contributed by atoms with Gasteiger partial charge >= 0.3 is 12.6 Å². The Bertz CT molecular complexity index is 753. The molecule has 0 aliphatic carbocycles. The Hall–Kier alpha value is -3.23. The van der Waals surface area contributed by atoms with E-state index in [1.807, 2.05) is 0 Å². The van der Waals surface area contributed by atoms with Crippen molar-refractivity contribution in [3.63, 3.8) is 0 Å². The number of benzene rings is 1. The Morgan fingerprint density at radius 1 is 1.19 bits per heavy atom. The third-order valence-corrected chi connectivity index (χ3v) is 2.97. The van der Waals surface area contributed by atoms with Gasteiger partial charge in [-0.3, -0.25) is 4.79 Å². The van der Waals surface area contributed by atoms with E-state index in [4.69, 9.17) is 9.47 Å². The maximum Gasteiger partial charge on any atom is 0.387 e. The number of anilines is 1. The Labute approximate surface area is 147 Å². The molecule has 1 heterocycles. The summed E-state index contributed by atoms with van der Waals surface area (Å²) >= 11 is 0. The highest BCUT2D eigenvalue weighted by molar-refractivity contribution is 5.96. The van der Waals surface area contributed by atoms with Crippen LogP contribution in [0.15, 0.2) is 42.6 Å². The van der Waals surface area contributed by atoms with Gasteiger partial charge < -0.3 is 19.5 Å². The average molecular weight is 366 g/mol. The van der Waals surface area contributed by atoms with Gasteiger partial charge in [0.1, 0.15) is 11.3 Å². The number of nitrogens with one attached hydrogen (secondary N) is 1. The Morgan fingerprint density at radius 3 is 2.58 bits per heavy atom. The first-order valence-electron chi connectivity index (χ1n) is 7.59. The lowest BCUT2D eigenvalue weighted by Crippen LogP contribution is -2.21. The molecule has 26 heavy (non-hydrogen) atoms. The summed E-state index contributed by atoms with van der Waals surface area (Å²) in [5, 5.41) is 2.46. The van der Waals surface area contributed by atoms with Crippen LogP contribution in [-0.4, -0.2) is 36.7 Å². The molecular weight excluding hydrogens is 350 g/mol. The lowest BCUT2D eigenvalue weighted by atomic mass is 10.3. The van der Waals surface area contributed by atoms with Crippen LogP contribution >= 0.6 is 0 Å². The fourth-order valence-electron chi connectivity index (χ4n) is 1.92. The molecule has 0 saturated carbocycles. The molecule has 0 aliphatic rings. The first-order valence-corrected chi connectivity index (χ1v) is 7.59. The van der Waals surface area contributed by atoms with Crippen molar-refractivity contribution in [1.29, 1.82) is 0 Å². The highest BCUT2D eigenvalue weighted by Crippen LogP contribution is 2.18. The predicted octanol–water partition coefficient (Wildman–Crippen LogP) is 2.88. The standard InChI is InChI=1S/C17H16F2N2O5/c1-2-24-15-13(4-3-9-20-15)16(23)25-10-14(22)21-11-5-7-12(8-6-11)26-17(18)19/h3-9,17H,2,10H2,1H3,(H,21,22). The van der Waals surface area contributed by atoms with Gasteiger partial charge in [-0.25, -0.2) is 9.78 Å². The summed E-state index contributed by atoms with van der Waals surface area (Å²) in [6.45, 7) is -1.39. The van der Waals surface area contributed by atoms with Gasteiger partial charge in [0, 0.05) is 11.9 Å². The Kier molecular flexibility index (Phi) is 6.84. The number of esters is 1. The van der Waals surface area contributed by atoms with Gasteiger partial charge in [-0.15, -0.1) is 0 Å². The number of carbonyl (C=O) groups excluding carboxylic acids is 2. The van der Waals surface area contributed by atoms with E-state index in [1.165, 1.54) is 36.5 Å². The minimum Gasteiger partial charge on any atom is -0.477 e. The molecular formula is C17H16F2N2O5. The van der Waals surface area contributed by atoms with Crippen molar-refractivity contribution < 1.29 is 32.6 Å². The van der Waals surface area contributed by atoms with Crippen molar-refractivity contribution in [2.75, 3.05) is 18.5 Å². The monoisotopic (exact) mass is 366 g/mol. The van der Waals surface area contributed by atoms with Crippen LogP contribution in [0.3, 0.4) is 0 Å². The third kappa shape index (κ3) is 5.69. The predicted molar refractivity (Wildman–Crippen MR) is 87.4 cm³/mol. The second-order valence-corrected chi connectivity index (χ2v) is 4.82. The summed E-state index contributed by atoms with van der Waals surface area (Å²) in [5.41, 5.74) is 0.444. The minimum absolute atomic E-state index is 0.0375. The van der Waals surface area contributed by atoms with Crippen molar-refractivity contribution in [3.8, 4) is 11.6 Å². The zero-order valence-corrected chi connectivity index (χ0v) is 13.8. The molecule has 0 atom stereocenters. The van der Waals surface area contributed by atoms with Crippen LogP contribution in [0.1, 0.15) is 17.3 Å². The average Bonchev–Trinajstić information content (AvgIpc) is 2.62. The van der Waals surface area contributed by atoms with Crippen LogP contribution in [0, 0.1) is 0 Å². The summed E-state index contributed by atoms with van der Waals surface area (Å²) in [5.74, 6) is -1.26. The molecule has 138 valence electrons. The van der Waals surface area contributed by atoms with Crippen LogP contribution in [0.25, 0.3) is 0 Å². The summed E-state index contributed by atoms with van der Waals surface area (Å²) in [4.78, 5) is 27.8. The molecule has 0 spiro atoms. The maximum atomic E-state index is 12.1. The van der Waals surface area contributed by atoms with Crippen LogP contribution in [0.5, 0.6) is 11.6 Å². The van der Waals surface area contributed by atoms with Crippen molar-refractivity contribution in [1.82, 2.24) is 4.98 Å². The second kappa shape index (κ2) is 9.30. The summed E-state index contributed by atoms with van der Waals surface area (Å²) in [6, 6.07) is 8.33. The molecule has 0 saturated heterocycles. The first kappa shape index (κ1) is 19.1. The van der Waals surface area contributed by atoms with Gasteiger partial charge in [-0.05, 0) is 43.3 Å². The van der Waals surface area contributed by atoms with Gasteiger partial charge in [0.05, 0.1) is 6.61 Å². The highest BCUT2D eigenvalue weighted by Gasteiger charge is 2.16. The van der Waals surface area contributed by atoms with E-state index in [9.17, 15) is 18.4 Å². The van der Waals surface area contributed by atoms with Gasteiger partial charge in [0.2, 0.25) is 5.88 Å². The second-order valence-electron chi connectivity index (χ2n) is 4.82. The first-order chi connectivity index (χ1) is 12.5. The van der Waals surface area contributed by atoms with E-state index in [2.05, 4.69) is 15.0 Å². The van der Waals surface area contributed by atoms with E-state index in [1.54, 1.807) is 13.0 Å². The fourth-order valence-corrected chi connectivity index (χ4v) is 1.92. The molecule has 1 amide bonds. The molecule has 0 radical (unpaired) electrons. The van der Waals surface area contributed by atoms with Crippen LogP contribution in [0.4, 0.5) is 14.5 Å². The number of nitrogens with zero attached hydrogens (tertiary/aromatic N) is 1. The maximum absolute atomic E-state index is 12.1. The van der Waals surface area contributed by atoms with Crippen LogP contribution in [-0.2, 0) is 9.53 Å². The number of carbonyl (C=O) groups is 2. The number of alkyl halides is 2. The van der Waals surface area contributed by atoms with Crippen LogP contribution < -0.4 is 14.8 Å². The minimum atomic E-state index is -2.93. The van der Waals surface area contributed by atoms with Gasteiger partial charge in [0.15, 0.2) is 6.61 Å². The number of halogens is 2. The SMILES string of the molecule is CCOc1ncccc1C(=O)OCC(=O)Nc1ccc(OC(F)F)cc1. The number of amides is 1. The number of hydrogen-bond donors (Lipinski definition) is 1. The molecule has 2 rings (SSSR count). The molecule has 0 bridgehead atoms. The van der Waals surface area contributed by atoms with E-state index < -0.39 is 25.1 Å². The van der Waals surface area contributed by atoms with Crippen molar-refractivity contribution in [2.24, 2.45) is 0 Å². The van der Waals surface area contributed by atoms with Gasteiger partial charge in [-0.2, -0.15) is 8.78 Å². The highest BCUT2D eigenvalue weighted by atomic mass is 19.3. The zero-order valence-electron chi connectivity index (χ0n) is 13.8. The quantitative estimate of drug-likeness (QED) is 0.723. The zero-order chi connectivity index (χ0) is 18.9. The van der Waals surface area contributed by atoms with Crippen molar-refractivity contribution in [2.45, 2.75) is 13.5 Å².